The van der Waals surface area contributed by atoms with Gasteiger partial charge >= 0.3 is 6.09 Å². The molecule has 178 valence electrons. The molecule has 10 heteroatoms. The summed E-state index contributed by atoms with van der Waals surface area (Å²) in [5, 5.41) is 13.0. The van der Waals surface area contributed by atoms with Crippen molar-refractivity contribution in [2.45, 2.75) is 70.4 Å². The van der Waals surface area contributed by atoms with Crippen molar-refractivity contribution < 1.29 is 33.8 Å². The predicted molar refractivity (Wildman–Crippen MR) is 115 cm³/mol. The summed E-state index contributed by atoms with van der Waals surface area (Å²) < 4.78 is 11.5. The van der Waals surface area contributed by atoms with E-state index in [2.05, 4.69) is 5.32 Å². The van der Waals surface area contributed by atoms with Crippen molar-refractivity contribution in [3.8, 4) is 5.75 Å². The van der Waals surface area contributed by atoms with Crippen molar-refractivity contribution in [3.63, 3.8) is 0 Å². The van der Waals surface area contributed by atoms with Gasteiger partial charge in [-0.25, -0.2) is 4.79 Å². The number of fused-ring (bicyclic) bond motifs is 1. The van der Waals surface area contributed by atoms with Gasteiger partial charge in [0.2, 0.25) is 11.8 Å². The second kappa shape index (κ2) is 8.66. The molecule has 0 aromatic heterocycles. The highest BCUT2D eigenvalue weighted by Gasteiger charge is 2.46. The monoisotopic (exact) mass is 459 g/mol. The Morgan fingerprint density at radius 3 is 2.45 bits per heavy atom. The van der Waals surface area contributed by atoms with E-state index in [0.29, 0.717) is 37.2 Å². The number of nitrogens with one attached hydrogen (secondary N) is 1. The first-order chi connectivity index (χ1) is 15.5. The summed E-state index contributed by atoms with van der Waals surface area (Å²) in [6.07, 6.45) is -0.491. The molecule has 2 unspecified atom stereocenters. The van der Waals surface area contributed by atoms with Gasteiger partial charge in [0.25, 0.3) is 5.91 Å². The van der Waals surface area contributed by atoms with Gasteiger partial charge in [-0.3, -0.25) is 24.6 Å². The van der Waals surface area contributed by atoms with Crippen LogP contribution in [-0.2, 0) is 14.3 Å². The third-order valence-electron chi connectivity index (χ3n) is 5.98. The van der Waals surface area contributed by atoms with Gasteiger partial charge < -0.3 is 19.5 Å². The summed E-state index contributed by atoms with van der Waals surface area (Å²) in [4.78, 5) is 52.0. The minimum Gasteiger partial charge on any atom is -0.489 e. The largest absolute Gasteiger partial charge is 0.489 e. The molecule has 0 saturated carbocycles. The van der Waals surface area contributed by atoms with Gasteiger partial charge in [-0.1, -0.05) is 12.1 Å². The van der Waals surface area contributed by atoms with Crippen LogP contribution in [0.2, 0.25) is 0 Å². The number of rotatable bonds is 3. The lowest BCUT2D eigenvalue weighted by molar-refractivity contribution is -0.139. The second-order valence-electron chi connectivity index (χ2n) is 9.56. The number of carbonyl (C=O) groups excluding carboxylic acids is 4. The molecule has 4 rings (SSSR count). The van der Waals surface area contributed by atoms with Crippen LogP contribution in [0.1, 0.15) is 68.6 Å². The van der Waals surface area contributed by atoms with Crippen molar-refractivity contribution in [2.24, 2.45) is 0 Å². The van der Waals surface area contributed by atoms with Crippen molar-refractivity contribution in [3.05, 3.63) is 29.3 Å². The van der Waals surface area contributed by atoms with Gasteiger partial charge in [0.05, 0.1) is 5.56 Å². The minimum atomic E-state index is -1.30. The van der Waals surface area contributed by atoms with Crippen LogP contribution in [0.3, 0.4) is 0 Å². The van der Waals surface area contributed by atoms with Crippen molar-refractivity contribution in [2.75, 3.05) is 13.1 Å². The molecule has 3 aliphatic heterocycles. The molecule has 33 heavy (non-hydrogen) atoms. The average molecular weight is 459 g/mol. The lowest BCUT2D eigenvalue weighted by Gasteiger charge is -2.33. The highest BCUT2D eigenvalue weighted by Crippen LogP contribution is 2.40. The van der Waals surface area contributed by atoms with Crippen LogP contribution in [0.5, 0.6) is 5.75 Å². The molecule has 4 amide bonds. The van der Waals surface area contributed by atoms with Crippen molar-refractivity contribution >= 4 is 23.8 Å². The van der Waals surface area contributed by atoms with E-state index in [1.165, 1.54) is 0 Å². The fraction of sp³-hybridized carbons (Fsp3) is 0.565. The maximum Gasteiger partial charge on any atom is 0.410 e. The topological polar surface area (TPSA) is 125 Å². The molecule has 0 aliphatic carbocycles. The Morgan fingerprint density at radius 1 is 1.12 bits per heavy atom. The highest BCUT2D eigenvalue weighted by atomic mass is 16.6. The van der Waals surface area contributed by atoms with Crippen molar-refractivity contribution in [1.29, 1.82) is 0 Å². The van der Waals surface area contributed by atoms with Gasteiger partial charge in [0.1, 0.15) is 23.5 Å². The maximum absolute atomic E-state index is 13.2. The number of nitrogens with zero attached hydrogens (tertiary/aromatic N) is 2. The van der Waals surface area contributed by atoms with Crippen LogP contribution in [0, 0.1) is 0 Å². The molecule has 3 aliphatic rings. The number of piperidine rings is 2. The Labute approximate surface area is 191 Å². The van der Waals surface area contributed by atoms with Gasteiger partial charge in [0, 0.05) is 37.9 Å². The van der Waals surface area contributed by atoms with Crippen LogP contribution in [-0.4, -0.2) is 69.6 Å². The van der Waals surface area contributed by atoms with Crippen LogP contribution in [0.25, 0.3) is 0 Å². The summed E-state index contributed by atoms with van der Waals surface area (Å²) in [5.41, 5.74) is 0.0302. The Balaban J connectivity index is 1.45. The Hall–Kier alpha value is -3.14. The van der Waals surface area contributed by atoms with E-state index < -0.39 is 35.6 Å². The van der Waals surface area contributed by atoms with Gasteiger partial charge in [0.15, 0.2) is 6.23 Å². The number of ether oxygens (including phenoxy) is 2. The van der Waals surface area contributed by atoms with Crippen molar-refractivity contribution in [1.82, 2.24) is 15.1 Å². The maximum atomic E-state index is 13.2. The highest BCUT2D eigenvalue weighted by molar-refractivity contribution is 6.06. The number of hydrogen-bond acceptors (Lipinski definition) is 7. The number of amides is 4. The second-order valence-corrected chi connectivity index (χ2v) is 9.56. The van der Waals surface area contributed by atoms with E-state index in [4.69, 9.17) is 9.47 Å². The predicted octanol–water partition coefficient (Wildman–Crippen LogP) is 1.72. The first kappa shape index (κ1) is 23.0. The summed E-state index contributed by atoms with van der Waals surface area (Å²) in [5.74, 6) is -1.16. The van der Waals surface area contributed by atoms with E-state index >= 15 is 0 Å². The Morgan fingerprint density at radius 2 is 1.82 bits per heavy atom. The molecule has 2 fully saturated rings. The Bertz CT molecular complexity index is 979. The lowest BCUT2D eigenvalue weighted by Crippen LogP contribution is -2.53. The first-order valence-electron chi connectivity index (χ1n) is 11.2. The van der Waals surface area contributed by atoms with Crippen LogP contribution in [0.4, 0.5) is 4.79 Å². The fourth-order valence-electron chi connectivity index (χ4n) is 4.40. The van der Waals surface area contributed by atoms with E-state index in [-0.39, 0.29) is 30.6 Å². The zero-order valence-corrected chi connectivity index (χ0v) is 19.0. The molecule has 0 bridgehead atoms. The summed E-state index contributed by atoms with van der Waals surface area (Å²) in [6.45, 7) is 6.39. The first-order valence-corrected chi connectivity index (χ1v) is 11.2. The molecule has 1 aromatic rings. The zero-order valence-electron chi connectivity index (χ0n) is 19.0. The van der Waals surface area contributed by atoms with E-state index in [0.717, 1.165) is 4.90 Å². The number of hydrogen-bond donors (Lipinski definition) is 2. The quantitative estimate of drug-likeness (QED) is 0.659. The van der Waals surface area contributed by atoms with E-state index in [1.807, 2.05) is 20.8 Å². The lowest BCUT2D eigenvalue weighted by atomic mass is 10.0. The molecule has 2 N–H and O–H groups in total. The summed E-state index contributed by atoms with van der Waals surface area (Å²) in [6, 6.07) is 4.05. The third kappa shape index (κ3) is 4.66. The summed E-state index contributed by atoms with van der Waals surface area (Å²) >= 11 is 0. The van der Waals surface area contributed by atoms with E-state index in [9.17, 15) is 24.3 Å². The Kier molecular flexibility index (Phi) is 6.04. The summed E-state index contributed by atoms with van der Waals surface area (Å²) in [7, 11) is 0. The van der Waals surface area contributed by atoms with Crippen LogP contribution >= 0.6 is 0 Å². The molecular formula is C23H29N3O7. The van der Waals surface area contributed by atoms with Crippen LogP contribution in [0.15, 0.2) is 18.2 Å². The number of aliphatic hydroxyl groups is 1. The number of carbonyl (C=O) groups is 4. The number of imide groups is 1. The third-order valence-corrected chi connectivity index (χ3v) is 5.98. The number of likely N-dealkylation sites (tertiary alicyclic amines) is 1. The number of aliphatic hydroxyl groups excluding tert-OH is 1. The normalized spacial score (nSPS) is 23.9. The molecule has 3 heterocycles. The minimum absolute atomic E-state index is 0.100. The smallest absolute Gasteiger partial charge is 0.410 e. The van der Waals surface area contributed by atoms with E-state index in [1.54, 1.807) is 23.1 Å². The molecule has 10 nitrogen and oxygen atoms in total. The zero-order chi connectivity index (χ0) is 23.9. The van der Waals surface area contributed by atoms with Gasteiger partial charge in [-0.15, -0.1) is 0 Å². The van der Waals surface area contributed by atoms with Gasteiger partial charge in [-0.05, 0) is 33.3 Å². The molecule has 0 radical (unpaired) electrons. The average Bonchev–Trinajstić information content (AvgIpc) is 2.99. The standard InChI is InChI=1S/C23H29N3O7/c1-23(2,3)33-22(31)25-11-9-13(10-12-25)32-16-6-4-5-14-18(16)21(30)26(20(14)29)15-7-8-17(27)24-19(15)28/h4-6,13,15,20,29H,7-12H2,1-3H3,(H,24,27,28). The van der Waals surface area contributed by atoms with Crippen LogP contribution < -0.4 is 10.1 Å². The molecule has 2 atom stereocenters. The SMILES string of the molecule is CC(C)(C)OC(=O)N1CCC(Oc2cccc3c2C(=O)N(C2CCC(=O)NC2=O)C3O)CC1. The molecule has 2 saturated heterocycles. The molecule has 1 aromatic carbocycles. The number of benzene rings is 1. The molecule has 0 spiro atoms. The van der Waals surface area contributed by atoms with Gasteiger partial charge in [-0.2, -0.15) is 0 Å². The molecular weight excluding hydrogens is 430 g/mol. The fourth-order valence-corrected chi connectivity index (χ4v) is 4.40.